The first kappa shape index (κ1) is 15.0. The fourth-order valence-corrected chi connectivity index (χ4v) is 1.72. The number of aliphatic hydroxyl groups excluding tert-OH is 1. The maximum Gasteiger partial charge on any atom is 0.142 e. The summed E-state index contributed by atoms with van der Waals surface area (Å²) in [5, 5.41) is 8.63. The molecule has 3 nitrogen and oxygen atoms in total. The SMILES string of the molecule is OCCC#Cc1ccc(OCCc2ccccn2)cc1F. The van der Waals surface area contributed by atoms with E-state index in [1.807, 2.05) is 18.2 Å². The number of aliphatic hydroxyl groups is 1. The van der Waals surface area contributed by atoms with E-state index in [0.717, 1.165) is 5.69 Å². The van der Waals surface area contributed by atoms with E-state index in [0.29, 0.717) is 30.8 Å². The summed E-state index contributed by atoms with van der Waals surface area (Å²) in [6.45, 7) is 0.412. The van der Waals surface area contributed by atoms with Crippen molar-refractivity contribution < 1.29 is 14.2 Å². The van der Waals surface area contributed by atoms with Crippen molar-refractivity contribution in [3.63, 3.8) is 0 Å². The third kappa shape index (κ3) is 4.90. The van der Waals surface area contributed by atoms with Crippen molar-refractivity contribution in [3.05, 3.63) is 59.7 Å². The lowest BCUT2D eigenvalue weighted by molar-refractivity contribution is 0.305. The number of benzene rings is 1. The van der Waals surface area contributed by atoms with Gasteiger partial charge in [-0.25, -0.2) is 4.39 Å². The van der Waals surface area contributed by atoms with Crippen LogP contribution < -0.4 is 4.74 Å². The second-order valence-corrected chi connectivity index (χ2v) is 4.34. The molecule has 0 atom stereocenters. The zero-order valence-electron chi connectivity index (χ0n) is 11.6. The Morgan fingerprint density at radius 3 is 2.86 bits per heavy atom. The van der Waals surface area contributed by atoms with E-state index >= 15 is 0 Å². The highest BCUT2D eigenvalue weighted by Crippen LogP contribution is 2.16. The van der Waals surface area contributed by atoms with Gasteiger partial charge in [0.05, 0.1) is 18.8 Å². The molecule has 1 heterocycles. The molecule has 0 aliphatic rings. The van der Waals surface area contributed by atoms with Crippen LogP contribution >= 0.6 is 0 Å². The van der Waals surface area contributed by atoms with Gasteiger partial charge in [0.25, 0.3) is 0 Å². The minimum absolute atomic E-state index is 0.0245. The minimum atomic E-state index is -0.421. The van der Waals surface area contributed by atoms with E-state index in [1.54, 1.807) is 18.3 Å². The van der Waals surface area contributed by atoms with Crippen LogP contribution in [0.5, 0.6) is 5.75 Å². The van der Waals surface area contributed by atoms with Crippen LogP contribution in [0.15, 0.2) is 42.6 Å². The van der Waals surface area contributed by atoms with Crippen LogP contribution in [0.1, 0.15) is 17.7 Å². The fourth-order valence-electron chi connectivity index (χ4n) is 1.72. The Morgan fingerprint density at radius 1 is 1.24 bits per heavy atom. The molecule has 1 aromatic heterocycles. The van der Waals surface area contributed by atoms with Crippen LogP contribution in [0.25, 0.3) is 0 Å². The molecule has 0 spiro atoms. The van der Waals surface area contributed by atoms with E-state index in [2.05, 4.69) is 16.8 Å². The Hall–Kier alpha value is -2.38. The highest BCUT2D eigenvalue weighted by molar-refractivity contribution is 5.39. The summed E-state index contributed by atoms with van der Waals surface area (Å²) >= 11 is 0. The quantitative estimate of drug-likeness (QED) is 0.859. The molecule has 0 bridgehead atoms. The lowest BCUT2D eigenvalue weighted by Crippen LogP contribution is -2.03. The second kappa shape index (κ2) is 8.03. The molecule has 2 rings (SSSR count). The summed E-state index contributed by atoms with van der Waals surface area (Å²) in [6.07, 6.45) is 2.73. The molecule has 1 N–H and O–H groups in total. The lowest BCUT2D eigenvalue weighted by atomic mass is 10.2. The molecule has 0 aliphatic heterocycles. The van der Waals surface area contributed by atoms with Crippen LogP contribution in [0, 0.1) is 17.7 Å². The molecule has 0 aliphatic carbocycles. The predicted molar refractivity (Wildman–Crippen MR) is 78.4 cm³/mol. The smallest absolute Gasteiger partial charge is 0.142 e. The number of pyridine rings is 1. The summed E-state index contributed by atoms with van der Waals surface area (Å²) in [5.74, 6) is 5.41. The van der Waals surface area contributed by atoms with Gasteiger partial charge in [-0.15, -0.1) is 0 Å². The number of hydrogen-bond donors (Lipinski definition) is 1. The molecular weight excluding hydrogens is 269 g/mol. The summed E-state index contributed by atoms with van der Waals surface area (Å²) in [4.78, 5) is 4.19. The first-order chi connectivity index (χ1) is 10.3. The number of rotatable bonds is 5. The number of aromatic nitrogens is 1. The zero-order valence-corrected chi connectivity index (χ0v) is 11.6. The van der Waals surface area contributed by atoms with E-state index in [-0.39, 0.29) is 6.61 Å². The zero-order chi connectivity index (χ0) is 14.9. The molecule has 4 heteroatoms. The number of hydrogen-bond acceptors (Lipinski definition) is 3. The van der Waals surface area contributed by atoms with Crippen LogP contribution in [0.2, 0.25) is 0 Å². The fraction of sp³-hybridized carbons (Fsp3) is 0.235. The van der Waals surface area contributed by atoms with Crippen LogP contribution in [-0.2, 0) is 6.42 Å². The van der Waals surface area contributed by atoms with Gasteiger partial charge in [0.1, 0.15) is 11.6 Å². The highest BCUT2D eigenvalue weighted by atomic mass is 19.1. The van der Waals surface area contributed by atoms with Gasteiger partial charge in [-0.05, 0) is 24.3 Å². The van der Waals surface area contributed by atoms with Crippen LogP contribution in [0.3, 0.4) is 0 Å². The van der Waals surface area contributed by atoms with E-state index in [9.17, 15) is 4.39 Å². The first-order valence-electron chi connectivity index (χ1n) is 6.71. The molecule has 108 valence electrons. The Kier molecular flexibility index (Phi) is 5.74. The van der Waals surface area contributed by atoms with Crippen molar-refractivity contribution in [2.24, 2.45) is 0 Å². The molecule has 0 radical (unpaired) electrons. The first-order valence-corrected chi connectivity index (χ1v) is 6.71. The van der Waals surface area contributed by atoms with Gasteiger partial charge < -0.3 is 9.84 Å². The number of halogens is 1. The highest BCUT2D eigenvalue weighted by Gasteiger charge is 2.02. The van der Waals surface area contributed by atoms with Crippen molar-refractivity contribution in [1.29, 1.82) is 0 Å². The average Bonchev–Trinajstić information content (AvgIpc) is 2.51. The summed E-state index contributed by atoms with van der Waals surface area (Å²) in [7, 11) is 0. The van der Waals surface area contributed by atoms with Crippen molar-refractivity contribution >= 4 is 0 Å². The van der Waals surface area contributed by atoms with Crippen LogP contribution in [0.4, 0.5) is 4.39 Å². The van der Waals surface area contributed by atoms with Crippen molar-refractivity contribution in [2.45, 2.75) is 12.8 Å². The predicted octanol–water partition coefficient (Wildman–Crippen LogP) is 2.58. The molecule has 0 saturated carbocycles. The van der Waals surface area contributed by atoms with Crippen molar-refractivity contribution in [3.8, 4) is 17.6 Å². The Balaban J connectivity index is 1.90. The molecule has 2 aromatic rings. The Bertz CT molecular complexity index is 632. The summed E-state index contributed by atoms with van der Waals surface area (Å²) in [6, 6.07) is 10.3. The van der Waals surface area contributed by atoms with E-state index in [4.69, 9.17) is 9.84 Å². The monoisotopic (exact) mass is 285 g/mol. The third-order valence-corrected chi connectivity index (χ3v) is 2.75. The largest absolute Gasteiger partial charge is 0.493 e. The normalized spacial score (nSPS) is 9.81. The molecule has 0 unspecified atom stereocenters. The van der Waals surface area contributed by atoms with Gasteiger partial charge >= 0.3 is 0 Å². The molecule has 1 aromatic carbocycles. The van der Waals surface area contributed by atoms with Gasteiger partial charge in [0.15, 0.2) is 0 Å². The Labute approximate surface area is 123 Å². The van der Waals surface area contributed by atoms with E-state index < -0.39 is 5.82 Å². The lowest BCUT2D eigenvalue weighted by Gasteiger charge is -2.06. The summed E-state index contributed by atoms with van der Waals surface area (Å²) < 4.78 is 19.3. The number of nitrogens with zero attached hydrogens (tertiary/aromatic N) is 1. The summed E-state index contributed by atoms with van der Waals surface area (Å²) in [5.41, 5.74) is 1.24. The minimum Gasteiger partial charge on any atom is -0.493 e. The van der Waals surface area contributed by atoms with Gasteiger partial charge in [-0.3, -0.25) is 4.98 Å². The third-order valence-electron chi connectivity index (χ3n) is 2.75. The molecule has 0 fully saturated rings. The Morgan fingerprint density at radius 2 is 2.14 bits per heavy atom. The maximum absolute atomic E-state index is 13.8. The average molecular weight is 285 g/mol. The van der Waals surface area contributed by atoms with Gasteiger partial charge in [0, 0.05) is 30.8 Å². The molecule has 21 heavy (non-hydrogen) atoms. The number of ether oxygens (including phenoxy) is 1. The molecular formula is C17H16FNO2. The van der Waals surface area contributed by atoms with Crippen molar-refractivity contribution in [1.82, 2.24) is 4.98 Å². The molecule has 0 saturated heterocycles. The van der Waals surface area contributed by atoms with Crippen molar-refractivity contribution in [2.75, 3.05) is 13.2 Å². The molecule has 0 amide bonds. The van der Waals surface area contributed by atoms with Crippen LogP contribution in [-0.4, -0.2) is 23.3 Å². The maximum atomic E-state index is 13.8. The topological polar surface area (TPSA) is 42.4 Å². The van der Waals surface area contributed by atoms with E-state index in [1.165, 1.54) is 6.07 Å². The van der Waals surface area contributed by atoms with Gasteiger partial charge in [-0.2, -0.15) is 0 Å². The second-order valence-electron chi connectivity index (χ2n) is 4.34. The van der Waals surface area contributed by atoms with Gasteiger partial charge in [0.2, 0.25) is 0 Å². The standard InChI is InChI=1S/C17H16FNO2/c18-17-13-16(8-7-14(17)5-2-4-11-20)21-12-9-15-6-1-3-10-19-15/h1,3,6-8,10,13,20H,4,9,11-12H2. The van der Waals surface area contributed by atoms with Gasteiger partial charge in [-0.1, -0.05) is 17.9 Å².